The summed E-state index contributed by atoms with van der Waals surface area (Å²) in [5, 5.41) is 12.1. The van der Waals surface area contributed by atoms with Crippen molar-refractivity contribution in [1.29, 1.82) is 0 Å². The Morgan fingerprint density at radius 3 is 2.67 bits per heavy atom. The summed E-state index contributed by atoms with van der Waals surface area (Å²) in [6.07, 6.45) is 1.44. The molecule has 5 nitrogen and oxygen atoms in total. The quantitative estimate of drug-likeness (QED) is 0.559. The Kier molecular flexibility index (Phi) is 7.31. The number of β-amino-alcohol motifs (C(OH)–C–C–N with tert-alkyl or cyclic N) is 1. The molecule has 0 aromatic heterocycles. The highest BCUT2D eigenvalue weighted by Crippen LogP contribution is 2.29. The van der Waals surface area contributed by atoms with Crippen molar-refractivity contribution in [2.24, 2.45) is 0 Å². The number of nitrogens with zero attached hydrogens (tertiary/aromatic N) is 2. The van der Waals surface area contributed by atoms with Crippen molar-refractivity contribution >= 4 is 16.7 Å². The first-order chi connectivity index (χ1) is 16.0. The number of carbonyl (C=O) groups excluding carboxylic acids is 1. The molecule has 5 heteroatoms. The average Bonchev–Trinajstić information content (AvgIpc) is 3.26. The zero-order valence-electron chi connectivity index (χ0n) is 19.8. The maximum atomic E-state index is 13.3. The van der Waals surface area contributed by atoms with Crippen LogP contribution in [-0.2, 0) is 11.2 Å². The smallest absolute Gasteiger partial charge is 0.260 e. The van der Waals surface area contributed by atoms with Gasteiger partial charge in [-0.1, -0.05) is 61.5 Å². The van der Waals surface area contributed by atoms with Gasteiger partial charge in [0.05, 0.1) is 12.1 Å². The monoisotopic (exact) mass is 446 g/mol. The van der Waals surface area contributed by atoms with Gasteiger partial charge >= 0.3 is 0 Å². The second-order valence-corrected chi connectivity index (χ2v) is 9.04. The summed E-state index contributed by atoms with van der Waals surface area (Å²) < 4.78 is 6.03. The van der Waals surface area contributed by atoms with Crippen molar-refractivity contribution in [1.82, 2.24) is 9.80 Å². The van der Waals surface area contributed by atoms with E-state index in [0.29, 0.717) is 13.1 Å². The summed E-state index contributed by atoms with van der Waals surface area (Å²) >= 11 is 0. The van der Waals surface area contributed by atoms with Crippen LogP contribution in [0.25, 0.3) is 10.8 Å². The lowest BCUT2D eigenvalue weighted by Crippen LogP contribution is -2.41. The van der Waals surface area contributed by atoms with Crippen LogP contribution in [0.5, 0.6) is 5.75 Å². The number of carbonyl (C=O) groups is 1. The predicted octanol–water partition coefficient (Wildman–Crippen LogP) is 4.36. The topological polar surface area (TPSA) is 53.0 Å². The minimum absolute atomic E-state index is 0.0177. The number of rotatable bonds is 8. The van der Waals surface area contributed by atoms with Crippen LogP contribution in [0.2, 0.25) is 0 Å². The third-order valence-electron chi connectivity index (χ3n) is 6.74. The van der Waals surface area contributed by atoms with Gasteiger partial charge in [0.25, 0.3) is 5.91 Å². The number of aliphatic hydroxyl groups excluding tert-OH is 1. The molecule has 1 aliphatic rings. The van der Waals surface area contributed by atoms with Crippen LogP contribution in [0, 0.1) is 6.92 Å². The average molecular weight is 447 g/mol. The van der Waals surface area contributed by atoms with Crippen LogP contribution < -0.4 is 4.74 Å². The molecule has 0 aliphatic carbocycles. The molecule has 33 heavy (non-hydrogen) atoms. The Bertz CT molecular complexity index is 1110. The van der Waals surface area contributed by atoms with Crippen LogP contribution >= 0.6 is 0 Å². The minimum Gasteiger partial charge on any atom is -0.483 e. The maximum absolute atomic E-state index is 13.3. The molecular weight excluding hydrogens is 412 g/mol. The van der Waals surface area contributed by atoms with Crippen LogP contribution in [0.15, 0.2) is 60.7 Å². The molecule has 0 spiro atoms. The number of fused-ring (bicyclic) bond motifs is 1. The molecule has 3 aromatic carbocycles. The summed E-state index contributed by atoms with van der Waals surface area (Å²) in [7, 11) is 1.86. The number of aliphatic hydroxyl groups is 1. The first kappa shape index (κ1) is 23.3. The summed E-state index contributed by atoms with van der Waals surface area (Å²) in [6.45, 7) is 6.39. The van der Waals surface area contributed by atoms with Crippen molar-refractivity contribution in [3.05, 3.63) is 77.4 Å². The normalized spacial score (nSPS) is 17.3. The van der Waals surface area contributed by atoms with Crippen LogP contribution in [-0.4, -0.2) is 60.2 Å². The van der Waals surface area contributed by atoms with Gasteiger partial charge in [-0.15, -0.1) is 0 Å². The second-order valence-electron chi connectivity index (χ2n) is 9.04. The van der Waals surface area contributed by atoms with E-state index in [1.807, 2.05) is 37.4 Å². The number of hydrogen-bond donors (Lipinski definition) is 1. The van der Waals surface area contributed by atoms with Crippen LogP contribution in [0.4, 0.5) is 0 Å². The number of hydrogen-bond acceptors (Lipinski definition) is 4. The van der Waals surface area contributed by atoms with E-state index >= 15 is 0 Å². The molecule has 0 bridgehead atoms. The number of ether oxygens (including phenoxy) is 1. The molecule has 0 saturated carbocycles. The van der Waals surface area contributed by atoms with Crippen molar-refractivity contribution in [3.8, 4) is 5.75 Å². The first-order valence-corrected chi connectivity index (χ1v) is 11.8. The zero-order chi connectivity index (χ0) is 23.4. The van der Waals surface area contributed by atoms with E-state index < -0.39 is 0 Å². The zero-order valence-corrected chi connectivity index (χ0v) is 19.8. The van der Waals surface area contributed by atoms with E-state index in [4.69, 9.17) is 4.74 Å². The molecule has 1 amide bonds. The Labute approximate surface area is 196 Å². The van der Waals surface area contributed by atoms with Crippen LogP contribution in [0.1, 0.15) is 36.1 Å². The third-order valence-corrected chi connectivity index (χ3v) is 6.74. The summed E-state index contributed by atoms with van der Waals surface area (Å²) in [4.78, 5) is 17.3. The van der Waals surface area contributed by atoms with Gasteiger partial charge in [0.15, 0.2) is 6.61 Å². The molecular formula is C28H34N2O3. The maximum Gasteiger partial charge on any atom is 0.260 e. The van der Waals surface area contributed by atoms with Gasteiger partial charge in [0.1, 0.15) is 5.75 Å². The largest absolute Gasteiger partial charge is 0.483 e. The minimum atomic E-state index is -0.285. The first-order valence-electron chi connectivity index (χ1n) is 11.8. The molecule has 4 rings (SSSR count). The van der Waals surface area contributed by atoms with Crippen molar-refractivity contribution < 1.29 is 14.6 Å². The fraction of sp³-hybridized carbons (Fsp3) is 0.393. The van der Waals surface area contributed by atoms with Crippen LogP contribution in [0.3, 0.4) is 0 Å². The third kappa shape index (κ3) is 5.37. The van der Waals surface area contributed by atoms with Gasteiger partial charge in [-0.3, -0.25) is 9.69 Å². The van der Waals surface area contributed by atoms with E-state index in [2.05, 4.69) is 49.1 Å². The molecule has 1 heterocycles. The number of benzene rings is 3. The number of amides is 1. The standard InChI is InChI=1S/C28H34N2O3/c1-4-21-8-7-9-22(16-21)26(18-30-15-14-23(31)17-30)29(3)28(32)19-33-27-13-12-20(2)24-10-5-6-11-25(24)27/h5-13,16,23,26,31H,4,14-15,17-19H2,1-3H3/t23-,26?/m0/s1. The van der Waals surface area contributed by atoms with Gasteiger partial charge < -0.3 is 14.7 Å². The van der Waals surface area contributed by atoms with E-state index in [-0.39, 0.29) is 24.7 Å². The Morgan fingerprint density at radius 1 is 1.15 bits per heavy atom. The predicted molar refractivity (Wildman–Crippen MR) is 133 cm³/mol. The molecule has 2 atom stereocenters. The molecule has 0 radical (unpaired) electrons. The van der Waals surface area contributed by atoms with Gasteiger partial charge in [-0.2, -0.15) is 0 Å². The summed E-state index contributed by atoms with van der Waals surface area (Å²) in [6, 6.07) is 20.4. The van der Waals surface area contributed by atoms with Crippen molar-refractivity contribution in [3.63, 3.8) is 0 Å². The lowest BCUT2D eigenvalue weighted by molar-refractivity contribution is -0.134. The van der Waals surface area contributed by atoms with Crippen molar-refractivity contribution in [2.75, 3.05) is 33.3 Å². The molecule has 3 aromatic rings. The number of likely N-dealkylation sites (tertiary alicyclic amines) is 1. The Balaban J connectivity index is 1.52. The molecule has 174 valence electrons. The highest BCUT2D eigenvalue weighted by atomic mass is 16.5. The van der Waals surface area contributed by atoms with E-state index in [9.17, 15) is 9.90 Å². The summed E-state index contributed by atoms with van der Waals surface area (Å²) in [5.41, 5.74) is 3.56. The highest BCUT2D eigenvalue weighted by molar-refractivity contribution is 5.91. The Hall–Kier alpha value is -2.89. The molecule has 1 fully saturated rings. The fourth-order valence-corrected chi connectivity index (χ4v) is 4.66. The Morgan fingerprint density at radius 2 is 1.94 bits per heavy atom. The van der Waals surface area contributed by atoms with Gasteiger partial charge in [0, 0.05) is 32.1 Å². The number of aryl methyl sites for hydroxylation is 2. The molecule has 1 aliphatic heterocycles. The molecule has 1 saturated heterocycles. The van der Waals surface area contributed by atoms with Crippen molar-refractivity contribution in [2.45, 2.75) is 38.8 Å². The van der Waals surface area contributed by atoms with Gasteiger partial charge in [0.2, 0.25) is 0 Å². The number of likely N-dealkylation sites (N-methyl/N-ethyl adjacent to an activating group) is 1. The molecule has 1 N–H and O–H groups in total. The SMILES string of the molecule is CCc1cccc(C(CN2CC[C@H](O)C2)N(C)C(=O)COc2ccc(C)c3ccccc23)c1. The van der Waals surface area contributed by atoms with Gasteiger partial charge in [-0.25, -0.2) is 0 Å². The lowest BCUT2D eigenvalue weighted by Gasteiger charge is -2.32. The van der Waals surface area contributed by atoms with E-state index in [1.165, 1.54) is 11.1 Å². The van der Waals surface area contributed by atoms with Gasteiger partial charge in [-0.05, 0) is 47.9 Å². The highest BCUT2D eigenvalue weighted by Gasteiger charge is 2.28. The van der Waals surface area contributed by atoms with E-state index in [0.717, 1.165) is 41.5 Å². The van der Waals surface area contributed by atoms with E-state index in [1.54, 1.807) is 4.90 Å². The second kappa shape index (κ2) is 10.4. The summed E-state index contributed by atoms with van der Waals surface area (Å²) in [5.74, 6) is 0.663. The fourth-order valence-electron chi connectivity index (χ4n) is 4.66. The lowest BCUT2D eigenvalue weighted by atomic mass is 10.0. The molecule has 1 unspecified atom stereocenters.